The molecule has 0 unspecified atom stereocenters. The van der Waals surface area contributed by atoms with E-state index >= 15 is 0 Å². The van der Waals surface area contributed by atoms with Crippen molar-refractivity contribution in [3.63, 3.8) is 0 Å². The largest absolute Gasteiger partial charge is 0.550 e. The van der Waals surface area contributed by atoms with E-state index in [1.165, 1.54) is 6.07 Å². The Hall–Kier alpha value is -1.38. The van der Waals surface area contributed by atoms with Gasteiger partial charge < -0.3 is 9.90 Å². The standard InChI is InChI=1S/C13H17FO2/c1-2-3-4-6-10-7-5-8-11(13(10)14)9-12(15)16/h5,7-8H,2-4,6,9H2,1H3,(H,15,16)/p-1. The van der Waals surface area contributed by atoms with Gasteiger partial charge in [-0.05, 0) is 24.0 Å². The molecule has 0 heterocycles. The van der Waals surface area contributed by atoms with E-state index in [4.69, 9.17) is 0 Å². The summed E-state index contributed by atoms with van der Waals surface area (Å²) in [5.74, 6) is -1.63. The summed E-state index contributed by atoms with van der Waals surface area (Å²) in [5.41, 5.74) is 0.821. The predicted octanol–water partition coefficient (Wildman–Crippen LogP) is 1.85. The van der Waals surface area contributed by atoms with Crippen LogP contribution in [0.2, 0.25) is 0 Å². The molecule has 0 saturated heterocycles. The Kier molecular flexibility index (Phi) is 4.96. The average molecular weight is 223 g/mol. The zero-order chi connectivity index (χ0) is 12.0. The van der Waals surface area contributed by atoms with Gasteiger partial charge in [0.25, 0.3) is 0 Å². The molecule has 1 aromatic rings. The van der Waals surface area contributed by atoms with Crippen molar-refractivity contribution in [1.82, 2.24) is 0 Å². The normalized spacial score (nSPS) is 10.4. The summed E-state index contributed by atoms with van der Waals surface area (Å²) >= 11 is 0. The molecule has 0 aliphatic rings. The third-order valence-electron chi connectivity index (χ3n) is 2.54. The Morgan fingerprint density at radius 2 is 2.00 bits per heavy atom. The van der Waals surface area contributed by atoms with Gasteiger partial charge in [0.1, 0.15) is 5.82 Å². The number of aryl methyl sites for hydroxylation is 1. The summed E-state index contributed by atoms with van der Waals surface area (Å²) in [5, 5.41) is 10.4. The molecule has 0 aliphatic heterocycles. The Labute approximate surface area is 95.1 Å². The van der Waals surface area contributed by atoms with Gasteiger partial charge >= 0.3 is 0 Å². The Balaban J connectivity index is 2.74. The Bertz CT molecular complexity index is 361. The number of carbonyl (C=O) groups excluding carboxylic acids is 1. The second-order valence-corrected chi connectivity index (χ2v) is 3.90. The van der Waals surface area contributed by atoms with Crippen LogP contribution in [0.1, 0.15) is 37.3 Å². The molecular weight excluding hydrogens is 207 g/mol. The maximum absolute atomic E-state index is 13.8. The van der Waals surface area contributed by atoms with Gasteiger partial charge in [0, 0.05) is 12.4 Å². The average Bonchev–Trinajstić information content (AvgIpc) is 2.23. The number of hydrogen-bond acceptors (Lipinski definition) is 2. The van der Waals surface area contributed by atoms with Crippen LogP contribution in [0.3, 0.4) is 0 Å². The van der Waals surface area contributed by atoms with Crippen LogP contribution in [-0.2, 0) is 17.6 Å². The minimum Gasteiger partial charge on any atom is -0.550 e. The molecule has 0 aliphatic carbocycles. The minimum atomic E-state index is -1.25. The number of carbonyl (C=O) groups is 1. The molecule has 1 aromatic carbocycles. The number of halogens is 1. The second kappa shape index (κ2) is 6.26. The zero-order valence-electron chi connectivity index (χ0n) is 9.46. The van der Waals surface area contributed by atoms with E-state index < -0.39 is 5.97 Å². The molecule has 3 heteroatoms. The molecule has 0 fully saturated rings. The van der Waals surface area contributed by atoms with Crippen LogP contribution in [0.25, 0.3) is 0 Å². The number of rotatable bonds is 6. The van der Waals surface area contributed by atoms with Gasteiger partial charge in [-0.2, -0.15) is 0 Å². The van der Waals surface area contributed by atoms with Crippen molar-refractivity contribution in [2.75, 3.05) is 0 Å². The van der Waals surface area contributed by atoms with E-state index in [1.807, 2.05) is 0 Å². The van der Waals surface area contributed by atoms with Crippen LogP contribution < -0.4 is 5.11 Å². The topological polar surface area (TPSA) is 40.1 Å². The van der Waals surface area contributed by atoms with Crippen LogP contribution in [0.5, 0.6) is 0 Å². The fourth-order valence-electron chi connectivity index (χ4n) is 1.68. The third kappa shape index (κ3) is 3.65. The molecule has 0 spiro atoms. The number of benzene rings is 1. The van der Waals surface area contributed by atoms with Crippen molar-refractivity contribution >= 4 is 5.97 Å². The summed E-state index contributed by atoms with van der Waals surface area (Å²) in [6.45, 7) is 2.09. The number of aliphatic carboxylic acids is 1. The first-order valence-electron chi connectivity index (χ1n) is 5.61. The van der Waals surface area contributed by atoms with Crippen molar-refractivity contribution in [3.8, 4) is 0 Å². The highest BCUT2D eigenvalue weighted by molar-refractivity contribution is 5.68. The first-order valence-corrected chi connectivity index (χ1v) is 5.61. The van der Waals surface area contributed by atoms with Crippen molar-refractivity contribution in [2.45, 2.75) is 39.0 Å². The summed E-state index contributed by atoms with van der Waals surface area (Å²) in [6, 6.07) is 4.90. The first kappa shape index (κ1) is 12.7. The maximum Gasteiger partial charge on any atom is 0.129 e. The lowest BCUT2D eigenvalue weighted by atomic mass is 10.0. The highest BCUT2D eigenvalue weighted by Gasteiger charge is 2.07. The lowest BCUT2D eigenvalue weighted by Gasteiger charge is -2.08. The molecule has 0 atom stereocenters. The fourth-order valence-corrected chi connectivity index (χ4v) is 1.68. The molecule has 1 rings (SSSR count). The van der Waals surface area contributed by atoms with E-state index in [9.17, 15) is 14.3 Å². The summed E-state index contributed by atoms with van der Waals surface area (Å²) in [6.07, 6.45) is 3.39. The maximum atomic E-state index is 13.8. The lowest BCUT2D eigenvalue weighted by Crippen LogP contribution is -2.25. The van der Waals surface area contributed by atoms with E-state index in [0.29, 0.717) is 12.0 Å². The molecule has 0 amide bonds. The van der Waals surface area contributed by atoms with E-state index in [1.54, 1.807) is 12.1 Å². The molecule has 16 heavy (non-hydrogen) atoms. The van der Waals surface area contributed by atoms with Crippen LogP contribution in [0.4, 0.5) is 4.39 Å². The molecular formula is C13H16FO2-. The van der Waals surface area contributed by atoms with Crippen LogP contribution in [0, 0.1) is 5.82 Å². The summed E-state index contributed by atoms with van der Waals surface area (Å²) < 4.78 is 13.8. The summed E-state index contributed by atoms with van der Waals surface area (Å²) in [7, 11) is 0. The molecule has 0 saturated carbocycles. The molecule has 2 nitrogen and oxygen atoms in total. The molecule has 0 N–H and O–H groups in total. The van der Waals surface area contributed by atoms with Gasteiger partial charge in [0.15, 0.2) is 0 Å². The number of hydrogen-bond donors (Lipinski definition) is 0. The van der Waals surface area contributed by atoms with Gasteiger partial charge in [-0.25, -0.2) is 4.39 Å². The molecule has 88 valence electrons. The highest BCUT2D eigenvalue weighted by atomic mass is 19.1. The van der Waals surface area contributed by atoms with Crippen molar-refractivity contribution in [1.29, 1.82) is 0 Å². The second-order valence-electron chi connectivity index (χ2n) is 3.90. The van der Waals surface area contributed by atoms with Gasteiger partial charge in [0.05, 0.1) is 0 Å². The van der Waals surface area contributed by atoms with Crippen molar-refractivity contribution in [2.24, 2.45) is 0 Å². The van der Waals surface area contributed by atoms with Crippen molar-refractivity contribution < 1.29 is 14.3 Å². The Morgan fingerprint density at radius 3 is 2.62 bits per heavy atom. The van der Waals surface area contributed by atoms with Crippen LogP contribution in [0.15, 0.2) is 18.2 Å². The van der Waals surface area contributed by atoms with Gasteiger partial charge in [-0.15, -0.1) is 0 Å². The van der Waals surface area contributed by atoms with Gasteiger partial charge in [-0.3, -0.25) is 0 Å². The highest BCUT2D eigenvalue weighted by Crippen LogP contribution is 2.16. The minimum absolute atomic E-state index is 0.217. The number of carboxylic acid groups (broad SMARTS) is 1. The Morgan fingerprint density at radius 1 is 1.31 bits per heavy atom. The molecule has 0 radical (unpaired) electrons. The number of carboxylic acids is 1. The van der Waals surface area contributed by atoms with E-state index in [2.05, 4.69) is 6.92 Å². The van der Waals surface area contributed by atoms with Crippen LogP contribution in [-0.4, -0.2) is 5.97 Å². The fraction of sp³-hybridized carbons (Fsp3) is 0.462. The molecule has 0 aromatic heterocycles. The first-order chi connectivity index (χ1) is 7.65. The van der Waals surface area contributed by atoms with E-state index in [-0.39, 0.29) is 17.8 Å². The predicted molar refractivity (Wildman–Crippen MR) is 58.3 cm³/mol. The summed E-state index contributed by atoms with van der Waals surface area (Å²) in [4.78, 5) is 10.4. The SMILES string of the molecule is CCCCCc1cccc(CC(=O)[O-])c1F. The monoisotopic (exact) mass is 223 g/mol. The van der Waals surface area contributed by atoms with E-state index in [0.717, 1.165) is 19.3 Å². The quantitative estimate of drug-likeness (QED) is 0.690. The van der Waals surface area contributed by atoms with Gasteiger partial charge in [-0.1, -0.05) is 38.0 Å². The zero-order valence-corrected chi connectivity index (χ0v) is 9.46. The number of unbranched alkanes of at least 4 members (excludes halogenated alkanes) is 2. The van der Waals surface area contributed by atoms with Crippen LogP contribution >= 0.6 is 0 Å². The molecule has 0 bridgehead atoms. The smallest absolute Gasteiger partial charge is 0.129 e. The third-order valence-corrected chi connectivity index (χ3v) is 2.54. The van der Waals surface area contributed by atoms with Crippen molar-refractivity contribution in [3.05, 3.63) is 35.1 Å². The lowest BCUT2D eigenvalue weighted by molar-refractivity contribution is -0.304. The van der Waals surface area contributed by atoms with Gasteiger partial charge in [0.2, 0.25) is 0 Å².